The highest BCUT2D eigenvalue weighted by molar-refractivity contribution is 5.76. The van der Waals surface area contributed by atoms with Crippen molar-refractivity contribution in [1.29, 1.82) is 5.41 Å². The first kappa shape index (κ1) is 13.2. The number of piperidine rings is 1. The SMILES string of the molecule is N=C(N)N1CC[C@]23c4c5ccc(O)c4O[C@H]2[C@@H](O)C=C[C@H]3[C@H]1C5. The second kappa shape index (κ2) is 4.00. The Morgan fingerprint density at radius 1 is 1.39 bits per heavy atom. The molecule has 5 N–H and O–H groups in total. The van der Waals surface area contributed by atoms with Crippen LogP contribution in [0.1, 0.15) is 17.5 Å². The number of ether oxygens (including phenoxy) is 1. The van der Waals surface area contributed by atoms with Crippen molar-refractivity contribution in [2.75, 3.05) is 6.54 Å². The van der Waals surface area contributed by atoms with Gasteiger partial charge in [-0.05, 0) is 24.5 Å². The van der Waals surface area contributed by atoms with E-state index in [0.717, 1.165) is 24.0 Å². The number of nitrogens with zero attached hydrogens (tertiary/aromatic N) is 1. The van der Waals surface area contributed by atoms with Crippen LogP contribution in [0.25, 0.3) is 0 Å². The van der Waals surface area contributed by atoms with Gasteiger partial charge < -0.3 is 25.6 Å². The number of nitrogens with one attached hydrogen (secondary N) is 1. The summed E-state index contributed by atoms with van der Waals surface area (Å²) in [5, 5.41) is 28.6. The number of aliphatic hydroxyl groups excluding tert-OH is 1. The van der Waals surface area contributed by atoms with Gasteiger partial charge in [0.2, 0.25) is 0 Å². The number of benzene rings is 1. The number of hydrogen-bond acceptors (Lipinski definition) is 4. The monoisotopic (exact) mass is 313 g/mol. The molecule has 5 atom stereocenters. The van der Waals surface area contributed by atoms with E-state index >= 15 is 0 Å². The first-order chi connectivity index (χ1) is 11.0. The van der Waals surface area contributed by atoms with Crippen molar-refractivity contribution in [1.82, 2.24) is 4.90 Å². The standard InChI is InChI=1S/C17H19N3O3/c18-16(19)20-6-5-17-9-2-4-12(22)15(17)23-14-11(21)3-1-8(13(14)17)7-10(9)20/h1-4,9-10,12,15,21-22H,5-7H2,(H3,18,19)/t9-,10+,12-,15-,17-/m0/s1. The van der Waals surface area contributed by atoms with Crippen molar-refractivity contribution in [3.8, 4) is 11.5 Å². The summed E-state index contributed by atoms with van der Waals surface area (Å²) >= 11 is 0. The molecule has 0 radical (unpaired) electrons. The lowest BCUT2D eigenvalue weighted by molar-refractivity contribution is -0.0366. The second-order valence-corrected chi connectivity index (χ2v) is 7.03. The van der Waals surface area contributed by atoms with Gasteiger partial charge in [-0.3, -0.25) is 5.41 Å². The van der Waals surface area contributed by atoms with Crippen LogP contribution < -0.4 is 10.5 Å². The summed E-state index contributed by atoms with van der Waals surface area (Å²) in [6.07, 6.45) is 4.31. The highest BCUT2D eigenvalue weighted by atomic mass is 16.5. The molecule has 0 amide bonds. The minimum absolute atomic E-state index is 0.0964. The molecule has 0 aromatic heterocycles. The van der Waals surface area contributed by atoms with E-state index in [1.807, 2.05) is 11.0 Å². The molecule has 2 bridgehead atoms. The van der Waals surface area contributed by atoms with Crippen LogP contribution in [0.4, 0.5) is 0 Å². The fourth-order valence-corrected chi connectivity index (χ4v) is 5.36. The Hall–Kier alpha value is -2.21. The van der Waals surface area contributed by atoms with E-state index in [0.29, 0.717) is 12.3 Å². The van der Waals surface area contributed by atoms with Crippen LogP contribution in [0.3, 0.4) is 0 Å². The van der Waals surface area contributed by atoms with E-state index in [-0.39, 0.29) is 35.2 Å². The fourth-order valence-electron chi connectivity index (χ4n) is 5.36. The summed E-state index contributed by atoms with van der Waals surface area (Å²) in [4.78, 5) is 1.96. The molecule has 2 heterocycles. The molecule has 4 aliphatic rings. The predicted molar refractivity (Wildman–Crippen MR) is 83.6 cm³/mol. The summed E-state index contributed by atoms with van der Waals surface area (Å²) in [6.45, 7) is 0.672. The van der Waals surface area contributed by atoms with Gasteiger partial charge in [0, 0.05) is 29.5 Å². The number of guanidine groups is 1. The van der Waals surface area contributed by atoms with Crippen LogP contribution in [0.2, 0.25) is 0 Å². The quantitative estimate of drug-likeness (QED) is 0.317. The van der Waals surface area contributed by atoms with E-state index in [9.17, 15) is 10.2 Å². The molecule has 6 nitrogen and oxygen atoms in total. The normalized spacial score (nSPS) is 38.9. The van der Waals surface area contributed by atoms with E-state index < -0.39 is 6.10 Å². The Labute approximate surface area is 133 Å². The molecule has 0 saturated carbocycles. The Morgan fingerprint density at radius 3 is 3.00 bits per heavy atom. The third-order valence-corrected chi connectivity index (χ3v) is 6.18. The molecule has 1 aromatic carbocycles. The van der Waals surface area contributed by atoms with Gasteiger partial charge in [-0.1, -0.05) is 18.2 Å². The summed E-state index contributed by atoms with van der Waals surface area (Å²) in [6, 6.07) is 3.70. The minimum atomic E-state index is -0.687. The Bertz CT molecular complexity index is 762. The maximum atomic E-state index is 10.5. The summed E-state index contributed by atoms with van der Waals surface area (Å²) in [7, 11) is 0. The molecule has 2 aliphatic heterocycles. The number of likely N-dealkylation sites (tertiary alicyclic amines) is 1. The van der Waals surface area contributed by atoms with Gasteiger partial charge in [-0.25, -0.2) is 0 Å². The molecule has 0 unspecified atom stereocenters. The highest BCUT2D eigenvalue weighted by Gasteiger charge is 2.64. The van der Waals surface area contributed by atoms with Gasteiger partial charge in [0.15, 0.2) is 17.5 Å². The molecule has 6 heteroatoms. The fraction of sp³-hybridized carbons (Fsp3) is 0.471. The van der Waals surface area contributed by atoms with E-state index in [1.165, 1.54) is 0 Å². The first-order valence-corrected chi connectivity index (χ1v) is 8.03. The second-order valence-electron chi connectivity index (χ2n) is 7.03. The van der Waals surface area contributed by atoms with Crippen molar-refractivity contribution in [3.63, 3.8) is 0 Å². The van der Waals surface area contributed by atoms with Gasteiger partial charge in [-0.15, -0.1) is 0 Å². The maximum absolute atomic E-state index is 10.5. The summed E-state index contributed by atoms with van der Waals surface area (Å²) < 4.78 is 6.06. The molecule has 2 aliphatic carbocycles. The third kappa shape index (κ3) is 1.36. The molecule has 1 spiro atoms. The lowest BCUT2D eigenvalue weighted by Gasteiger charge is -2.57. The van der Waals surface area contributed by atoms with Crippen LogP contribution in [0.5, 0.6) is 11.5 Å². The Balaban J connectivity index is 1.79. The van der Waals surface area contributed by atoms with Crippen molar-refractivity contribution in [2.45, 2.75) is 36.5 Å². The lowest BCUT2D eigenvalue weighted by Crippen LogP contribution is -2.67. The number of phenolic OH excluding ortho intramolecular Hbond substituents is 1. The number of nitrogens with two attached hydrogens (primary N) is 1. The van der Waals surface area contributed by atoms with Crippen molar-refractivity contribution >= 4 is 5.96 Å². The Kier molecular flexibility index (Phi) is 2.30. The summed E-state index contributed by atoms with van der Waals surface area (Å²) in [5.41, 5.74) is 7.68. The van der Waals surface area contributed by atoms with Crippen LogP contribution in [-0.4, -0.2) is 45.9 Å². The zero-order valence-electron chi connectivity index (χ0n) is 12.6. The highest BCUT2D eigenvalue weighted by Crippen LogP contribution is 2.62. The Morgan fingerprint density at radius 2 is 2.22 bits per heavy atom. The van der Waals surface area contributed by atoms with Crippen LogP contribution in [0, 0.1) is 11.3 Å². The number of aliphatic hydroxyl groups is 1. The first-order valence-electron chi connectivity index (χ1n) is 8.03. The van der Waals surface area contributed by atoms with Crippen LogP contribution in [0.15, 0.2) is 24.3 Å². The van der Waals surface area contributed by atoms with Gasteiger partial charge >= 0.3 is 0 Å². The predicted octanol–water partition coefficient (Wildman–Crippen LogP) is 0.462. The number of hydrogen-bond donors (Lipinski definition) is 4. The van der Waals surface area contributed by atoms with Crippen molar-refractivity contribution in [3.05, 3.63) is 35.4 Å². The average molecular weight is 313 g/mol. The van der Waals surface area contributed by atoms with Crippen molar-refractivity contribution < 1.29 is 14.9 Å². The van der Waals surface area contributed by atoms with E-state index in [1.54, 1.807) is 12.1 Å². The lowest BCUT2D eigenvalue weighted by atomic mass is 9.53. The van der Waals surface area contributed by atoms with Gasteiger partial charge in [0.05, 0.1) is 0 Å². The molecule has 1 aromatic rings. The number of aromatic hydroxyl groups is 1. The number of phenols is 1. The summed E-state index contributed by atoms with van der Waals surface area (Å²) in [5.74, 6) is 0.910. The van der Waals surface area contributed by atoms with Gasteiger partial charge in [0.25, 0.3) is 0 Å². The van der Waals surface area contributed by atoms with E-state index in [4.69, 9.17) is 15.9 Å². The molecule has 1 saturated heterocycles. The zero-order valence-corrected chi connectivity index (χ0v) is 12.6. The number of rotatable bonds is 0. The van der Waals surface area contributed by atoms with Gasteiger partial charge in [-0.2, -0.15) is 0 Å². The van der Waals surface area contributed by atoms with Crippen LogP contribution in [-0.2, 0) is 11.8 Å². The molecule has 120 valence electrons. The molecule has 23 heavy (non-hydrogen) atoms. The van der Waals surface area contributed by atoms with Crippen molar-refractivity contribution in [2.24, 2.45) is 11.7 Å². The average Bonchev–Trinajstić information content (AvgIpc) is 2.86. The minimum Gasteiger partial charge on any atom is -0.504 e. The molecule has 1 fully saturated rings. The largest absolute Gasteiger partial charge is 0.504 e. The van der Waals surface area contributed by atoms with Gasteiger partial charge in [0.1, 0.15) is 12.2 Å². The molecular formula is C17H19N3O3. The molecule has 5 rings (SSSR count). The van der Waals surface area contributed by atoms with E-state index in [2.05, 4.69) is 6.08 Å². The smallest absolute Gasteiger partial charge is 0.188 e. The molecular weight excluding hydrogens is 294 g/mol. The zero-order chi connectivity index (χ0) is 15.9. The van der Waals surface area contributed by atoms with Crippen LogP contribution >= 0.6 is 0 Å². The topological polar surface area (TPSA) is 103 Å². The maximum Gasteiger partial charge on any atom is 0.188 e. The third-order valence-electron chi connectivity index (χ3n) is 6.18.